The monoisotopic (exact) mass is 796 g/mol. The second-order valence-electron chi connectivity index (χ2n) is 14.3. The van der Waals surface area contributed by atoms with Gasteiger partial charge in [-0.15, -0.1) is 13.2 Å². The first-order valence-corrected chi connectivity index (χ1v) is 19.8. The summed E-state index contributed by atoms with van der Waals surface area (Å²) in [5.41, 5.74) is 5.16. The van der Waals surface area contributed by atoms with Crippen LogP contribution in [0.3, 0.4) is 0 Å². The number of amides is 4. The van der Waals surface area contributed by atoms with E-state index in [0.717, 1.165) is 27.8 Å². The molecule has 5 N–H and O–H groups in total. The molecular formula is C45H56N4O9. The molecule has 0 unspecified atom stereocenters. The van der Waals surface area contributed by atoms with Gasteiger partial charge in [0.05, 0.1) is 18.6 Å². The number of allylic oxidation sites excluding steroid dienone is 2. The molecule has 13 heteroatoms. The summed E-state index contributed by atoms with van der Waals surface area (Å²) in [5.74, 6) is -2.47. The minimum absolute atomic E-state index is 0.0691. The average molecular weight is 797 g/mol. The Labute approximate surface area is 340 Å². The van der Waals surface area contributed by atoms with E-state index in [1.165, 1.54) is 0 Å². The lowest BCUT2D eigenvalue weighted by atomic mass is 9.98. The largest absolute Gasteiger partial charge is 0.462 e. The number of carbonyl (C=O) groups excluding carboxylic acids is 5. The summed E-state index contributed by atoms with van der Waals surface area (Å²) in [7, 11) is 0. The number of aliphatic hydroxyl groups excluding tert-OH is 1. The molecule has 1 aliphatic carbocycles. The lowest BCUT2D eigenvalue weighted by Gasteiger charge is -2.24. The topological polar surface area (TPSA) is 181 Å². The van der Waals surface area contributed by atoms with Crippen LogP contribution in [0, 0.1) is 5.92 Å². The number of hydrogen-bond donors (Lipinski definition) is 5. The number of esters is 1. The van der Waals surface area contributed by atoms with Crippen molar-refractivity contribution in [2.75, 3.05) is 26.4 Å². The minimum atomic E-state index is -1.05. The van der Waals surface area contributed by atoms with Crippen molar-refractivity contribution >= 4 is 30.0 Å². The van der Waals surface area contributed by atoms with Gasteiger partial charge in [-0.25, -0.2) is 14.4 Å². The van der Waals surface area contributed by atoms with Crippen molar-refractivity contribution < 1.29 is 43.3 Å². The molecule has 0 saturated carbocycles. The number of alkyl carbamates (subject to hydrolysis) is 2. The molecule has 58 heavy (non-hydrogen) atoms. The number of nitrogens with one attached hydrogen (secondary N) is 4. The van der Waals surface area contributed by atoms with Crippen LogP contribution in [0.4, 0.5) is 9.59 Å². The first kappa shape index (κ1) is 44.8. The zero-order valence-corrected chi connectivity index (χ0v) is 33.2. The maximum absolute atomic E-state index is 13.5. The van der Waals surface area contributed by atoms with Crippen LogP contribution in [-0.2, 0) is 35.2 Å². The molecule has 4 amide bonds. The fourth-order valence-corrected chi connectivity index (χ4v) is 6.68. The van der Waals surface area contributed by atoms with Gasteiger partial charge in [-0.2, -0.15) is 0 Å². The van der Waals surface area contributed by atoms with Crippen LogP contribution in [-0.4, -0.2) is 79.6 Å². The highest BCUT2D eigenvalue weighted by Gasteiger charge is 2.31. The molecule has 0 fully saturated rings. The summed E-state index contributed by atoms with van der Waals surface area (Å²) in [6.45, 7) is 9.16. The van der Waals surface area contributed by atoms with Gasteiger partial charge in [0.2, 0.25) is 11.8 Å². The Morgan fingerprint density at radius 1 is 0.776 bits per heavy atom. The Hall–Kier alpha value is -5.95. The zero-order chi connectivity index (χ0) is 41.7. The van der Waals surface area contributed by atoms with Crippen molar-refractivity contribution in [1.29, 1.82) is 0 Å². The molecule has 0 radical (unpaired) electrons. The molecule has 0 spiro atoms. The van der Waals surface area contributed by atoms with Crippen LogP contribution < -0.4 is 21.3 Å². The number of unbranched alkanes of at least 4 members (excludes halogenated alkanes) is 1. The van der Waals surface area contributed by atoms with E-state index < -0.39 is 54.0 Å². The maximum Gasteiger partial charge on any atom is 0.407 e. The number of ether oxygens (including phenoxy) is 3. The number of aliphatic hydroxyl groups is 1. The highest BCUT2D eigenvalue weighted by atomic mass is 16.6. The van der Waals surface area contributed by atoms with Gasteiger partial charge >= 0.3 is 18.2 Å². The predicted molar refractivity (Wildman–Crippen MR) is 220 cm³/mol. The number of carbonyl (C=O) groups is 5. The van der Waals surface area contributed by atoms with E-state index in [1.807, 2.05) is 78.9 Å². The summed E-state index contributed by atoms with van der Waals surface area (Å²) in [6, 6.07) is 23.1. The van der Waals surface area contributed by atoms with Crippen LogP contribution >= 0.6 is 0 Å². The van der Waals surface area contributed by atoms with E-state index in [9.17, 15) is 29.1 Å². The lowest BCUT2D eigenvalue weighted by molar-refractivity contribution is -0.147. The van der Waals surface area contributed by atoms with Crippen LogP contribution in [0.25, 0.3) is 11.1 Å². The molecule has 3 aromatic carbocycles. The fraction of sp³-hybridized carbons (Fsp3) is 0.400. The molecule has 0 heterocycles. The van der Waals surface area contributed by atoms with Gasteiger partial charge in [0, 0.05) is 24.9 Å². The summed E-state index contributed by atoms with van der Waals surface area (Å²) in [6.07, 6.45) is 3.96. The van der Waals surface area contributed by atoms with Crippen LogP contribution in [0.1, 0.15) is 74.5 Å². The van der Waals surface area contributed by atoms with Gasteiger partial charge in [-0.05, 0) is 73.3 Å². The van der Waals surface area contributed by atoms with Crippen LogP contribution in [0.15, 0.2) is 104 Å². The summed E-state index contributed by atoms with van der Waals surface area (Å²) in [4.78, 5) is 65.0. The molecule has 310 valence electrons. The smallest absolute Gasteiger partial charge is 0.407 e. The fourth-order valence-electron chi connectivity index (χ4n) is 6.68. The third kappa shape index (κ3) is 14.2. The molecule has 1 aliphatic rings. The molecular weight excluding hydrogens is 741 g/mol. The van der Waals surface area contributed by atoms with Crippen molar-refractivity contribution in [2.45, 2.75) is 82.5 Å². The van der Waals surface area contributed by atoms with Gasteiger partial charge in [0.1, 0.15) is 25.9 Å². The van der Waals surface area contributed by atoms with Crippen molar-refractivity contribution in [3.8, 4) is 11.1 Å². The van der Waals surface area contributed by atoms with Gasteiger partial charge in [-0.1, -0.05) is 91.0 Å². The third-order valence-electron chi connectivity index (χ3n) is 9.75. The summed E-state index contributed by atoms with van der Waals surface area (Å²) >= 11 is 0. The van der Waals surface area contributed by atoms with Crippen LogP contribution in [0.2, 0.25) is 0 Å². The Bertz CT molecular complexity index is 1790. The molecule has 3 aromatic rings. The number of fused-ring (bicyclic) bond motifs is 3. The quantitative estimate of drug-likeness (QED) is 0.0312. The average Bonchev–Trinajstić information content (AvgIpc) is 3.55. The van der Waals surface area contributed by atoms with Gasteiger partial charge < -0.3 is 40.6 Å². The number of benzene rings is 3. The second kappa shape index (κ2) is 24.0. The van der Waals surface area contributed by atoms with E-state index in [4.69, 9.17) is 14.2 Å². The van der Waals surface area contributed by atoms with Crippen molar-refractivity contribution in [3.05, 3.63) is 121 Å². The Morgan fingerprint density at radius 3 is 2.10 bits per heavy atom. The first-order valence-electron chi connectivity index (χ1n) is 19.8. The molecule has 0 saturated heterocycles. The molecule has 4 atom stereocenters. The third-order valence-corrected chi connectivity index (χ3v) is 9.75. The Morgan fingerprint density at radius 2 is 1.45 bits per heavy atom. The van der Waals surface area contributed by atoms with E-state index in [-0.39, 0.29) is 51.6 Å². The lowest BCUT2D eigenvalue weighted by Crippen LogP contribution is -2.46. The Balaban J connectivity index is 1.35. The van der Waals surface area contributed by atoms with E-state index >= 15 is 0 Å². The van der Waals surface area contributed by atoms with E-state index in [0.29, 0.717) is 32.2 Å². The number of hydrogen-bond acceptors (Lipinski definition) is 9. The Kier molecular flexibility index (Phi) is 18.5. The SMILES string of the molecule is C=CCC[C@H](NC(=O)OCC1c2ccccc2-c2ccccc21)C(=O)OC[C@H](CCCCNC(=O)OCc1ccccc1)NC(=O)[C@@H](CC=C)CC(=O)N[C@H](C)CO. The van der Waals surface area contributed by atoms with Gasteiger partial charge in [-0.3, -0.25) is 9.59 Å². The van der Waals surface area contributed by atoms with E-state index in [1.54, 1.807) is 19.1 Å². The molecule has 0 aromatic heterocycles. The predicted octanol–water partition coefficient (Wildman–Crippen LogP) is 6.06. The molecule has 0 aliphatic heterocycles. The second-order valence-corrected chi connectivity index (χ2v) is 14.3. The van der Waals surface area contributed by atoms with Gasteiger partial charge in [0.15, 0.2) is 0 Å². The maximum atomic E-state index is 13.5. The highest BCUT2D eigenvalue weighted by molar-refractivity contribution is 5.86. The summed E-state index contributed by atoms with van der Waals surface area (Å²) in [5, 5.41) is 20.3. The van der Waals surface area contributed by atoms with Crippen molar-refractivity contribution in [2.24, 2.45) is 5.92 Å². The standard InChI is InChI=1S/C45H56N4O9/c1-4-6-24-40(49-45(55)58-30-39-37-22-12-10-20-35(37)36-21-11-13-23-38(36)39)43(53)56-29-34(48-42(52)33(16-5-2)26-41(51)47-31(3)27-50)19-14-15-25-46-44(54)57-28-32-17-8-7-9-18-32/h4-5,7-13,17-18,20-23,31,33-34,39-40,50H,1-2,6,14-16,19,24-30H2,3H3,(H,46,54)(H,47,51)(H,48,52)(H,49,55)/t31-,33+,34+,40+/m1/s1. The minimum Gasteiger partial charge on any atom is -0.462 e. The normalized spacial score (nSPS) is 13.6. The number of rotatable bonds is 24. The summed E-state index contributed by atoms with van der Waals surface area (Å²) < 4.78 is 16.7. The highest BCUT2D eigenvalue weighted by Crippen LogP contribution is 2.44. The van der Waals surface area contributed by atoms with E-state index in [2.05, 4.69) is 34.4 Å². The van der Waals surface area contributed by atoms with Crippen LogP contribution in [0.5, 0.6) is 0 Å². The van der Waals surface area contributed by atoms with Crippen molar-refractivity contribution in [1.82, 2.24) is 21.3 Å². The first-order chi connectivity index (χ1) is 28.1. The molecule has 0 bridgehead atoms. The van der Waals surface area contributed by atoms with Gasteiger partial charge in [0.25, 0.3) is 0 Å². The van der Waals surface area contributed by atoms with Crippen molar-refractivity contribution in [3.63, 3.8) is 0 Å². The zero-order valence-electron chi connectivity index (χ0n) is 33.2. The molecule has 13 nitrogen and oxygen atoms in total. The molecule has 4 rings (SSSR count).